The van der Waals surface area contributed by atoms with E-state index in [2.05, 4.69) is 75.3 Å². The zero-order valence-electron chi connectivity index (χ0n) is 18.2. The molecule has 2 saturated heterocycles. The number of hydrogen-bond donors (Lipinski definition) is 2. The molecule has 2 aliphatic heterocycles. The molecule has 6 nitrogen and oxygen atoms in total. The monoisotopic (exact) mass is 419 g/mol. The van der Waals surface area contributed by atoms with Crippen LogP contribution < -0.4 is 15.5 Å². The molecule has 1 aromatic rings. The molecule has 1 unspecified atom stereocenters. The molecule has 0 spiro atoms. The van der Waals surface area contributed by atoms with E-state index >= 15 is 0 Å². The number of thioether (sulfide) groups is 1. The highest BCUT2D eigenvalue weighted by Gasteiger charge is 2.40. The summed E-state index contributed by atoms with van der Waals surface area (Å²) in [5.74, 6) is 3.33. The lowest BCUT2D eigenvalue weighted by atomic mass is 9.95. The highest BCUT2D eigenvalue weighted by atomic mass is 32.2. The maximum absolute atomic E-state index is 5.57. The lowest BCUT2D eigenvalue weighted by Gasteiger charge is -2.43. The summed E-state index contributed by atoms with van der Waals surface area (Å²) in [6.45, 7) is 11.9. The van der Waals surface area contributed by atoms with Crippen molar-refractivity contribution in [2.75, 3.05) is 75.9 Å². The van der Waals surface area contributed by atoms with E-state index in [1.807, 2.05) is 7.05 Å². The molecular weight excluding hydrogens is 382 g/mol. The molecule has 0 radical (unpaired) electrons. The van der Waals surface area contributed by atoms with Gasteiger partial charge in [0, 0.05) is 63.3 Å². The molecule has 29 heavy (non-hydrogen) atoms. The van der Waals surface area contributed by atoms with E-state index in [-0.39, 0.29) is 5.54 Å². The van der Waals surface area contributed by atoms with Gasteiger partial charge in [-0.15, -0.1) is 0 Å². The summed E-state index contributed by atoms with van der Waals surface area (Å²) < 4.78 is 5.57. The highest BCUT2D eigenvalue weighted by molar-refractivity contribution is 7.99. The molecule has 1 aromatic carbocycles. The fraction of sp³-hybridized carbons (Fsp3) is 0.682. The van der Waals surface area contributed by atoms with Crippen molar-refractivity contribution < 1.29 is 4.74 Å². The van der Waals surface area contributed by atoms with E-state index in [0.717, 1.165) is 58.4 Å². The Kier molecular flexibility index (Phi) is 8.51. The number of anilines is 1. The van der Waals surface area contributed by atoms with Gasteiger partial charge in [0.25, 0.3) is 0 Å². The Bertz CT molecular complexity index is 656. The number of ether oxygens (including phenoxy) is 1. The number of nitrogens with one attached hydrogen (secondary N) is 2. The van der Waals surface area contributed by atoms with E-state index in [1.54, 1.807) is 0 Å². The zero-order valence-corrected chi connectivity index (χ0v) is 19.1. The second-order valence-electron chi connectivity index (χ2n) is 7.90. The Morgan fingerprint density at radius 1 is 1.31 bits per heavy atom. The van der Waals surface area contributed by atoms with Gasteiger partial charge >= 0.3 is 0 Å². The first-order chi connectivity index (χ1) is 14.2. The van der Waals surface area contributed by atoms with Crippen LogP contribution in [0.2, 0.25) is 0 Å². The van der Waals surface area contributed by atoms with Gasteiger partial charge in [0.05, 0.1) is 13.2 Å². The molecule has 2 N–H and O–H groups in total. The molecule has 2 heterocycles. The van der Waals surface area contributed by atoms with Crippen LogP contribution in [-0.4, -0.2) is 87.4 Å². The van der Waals surface area contributed by atoms with E-state index in [4.69, 9.17) is 4.74 Å². The van der Waals surface area contributed by atoms with Crippen molar-refractivity contribution in [1.29, 1.82) is 0 Å². The summed E-state index contributed by atoms with van der Waals surface area (Å²) in [5.41, 5.74) is 2.81. The predicted octanol–water partition coefficient (Wildman–Crippen LogP) is 2.19. The molecule has 2 aliphatic rings. The number of aryl methyl sites for hydroxylation is 1. The van der Waals surface area contributed by atoms with Crippen LogP contribution in [0.15, 0.2) is 29.3 Å². The number of benzene rings is 1. The quantitative estimate of drug-likeness (QED) is 0.498. The van der Waals surface area contributed by atoms with Crippen LogP contribution >= 0.6 is 11.8 Å². The lowest BCUT2D eigenvalue weighted by Crippen LogP contribution is -2.60. The van der Waals surface area contributed by atoms with Gasteiger partial charge in [0.2, 0.25) is 0 Å². The third-order valence-electron chi connectivity index (χ3n) is 6.00. The molecule has 3 rings (SSSR count). The van der Waals surface area contributed by atoms with Gasteiger partial charge in [-0.3, -0.25) is 9.89 Å². The predicted molar refractivity (Wildman–Crippen MR) is 125 cm³/mol. The maximum Gasteiger partial charge on any atom is 0.191 e. The Hall–Kier alpha value is -1.44. The Balaban J connectivity index is 1.49. The van der Waals surface area contributed by atoms with Crippen LogP contribution in [-0.2, 0) is 4.74 Å². The van der Waals surface area contributed by atoms with Gasteiger partial charge in [-0.05, 0) is 43.7 Å². The first-order valence-corrected chi connectivity index (χ1v) is 12.0. The Morgan fingerprint density at radius 2 is 2.14 bits per heavy atom. The van der Waals surface area contributed by atoms with Crippen LogP contribution in [0.4, 0.5) is 5.69 Å². The van der Waals surface area contributed by atoms with Crippen molar-refractivity contribution >= 4 is 23.4 Å². The minimum atomic E-state index is 0.225. The number of likely N-dealkylation sites (N-methyl/N-ethyl adjacent to an activating group) is 1. The van der Waals surface area contributed by atoms with Crippen molar-refractivity contribution in [3.63, 3.8) is 0 Å². The van der Waals surface area contributed by atoms with Gasteiger partial charge in [-0.2, -0.15) is 11.8 Å². The van der Waals surface area contributed by atoms with E-state index in [0.29, 0.717) is 0 Å². The maximum atomic E-state index is 5.57. The molecule has 2 fully saturated rings. The number of morpholine rings is 1. The second-order valence-corrected chi connectivity index (χ2v) is 9.00. The minimum absolute atomic E-state index is 0.225. The number of rotatable bonds is 8. The third kappa shape index (κ3) is 6.03. The van der Waals surface area contributed by atoms with Gasteiger partial charge < -0.3 is 20.3 Å². The van der Waals surface area contributed by atoms with E-state index in [9.17, 15) is 0 Å². The summed E-state index contributed by atoms with van der Waals surface area (Å²) in [6, 6.07) is 8.72. The average Bonchev–Trinajstić information content (AvgIpc) is 3.24. The second kappa shape index (κ2) is 11.1. The van der Waals surface area contributed by atoms with Crippen molar-refractivity contribution in [2.45, 2.75) is 25.8 Å². The number of nitrogens with zero attached hydrogens (tertiary/aromatic N) is 3. The normalized spacial score (nSPS) is 23.2. The summed E-state index contributed by atoms with van der Waals surface area (Å²) >= 11 is 2.07. The molecule has 0 amide bonds. The van der Waals surface area contributed by atoms with Crippen LogP contribution in [0.5, 0.6) is 0 Å². The molecule has 7 heteroatoms. The summed E-state index contributed by atoms with van der Waals surface area (Å²) in [6.07, 6.45) is 1.23. The Morgan fingerprint density at radius 3 is 2.79 bits per heavy atom. The molecular formula is C22H37N5OS. The van der Waals surface area contributed by atoms with Crippen LogP contribution in [0, 0.1) is 6.92 Å². The van der Waals surface area contributed by atoms with Gasteiger partial charge in [0.15, 0.2) is 5.96 Å². The Labute approximate surface area is 180 Å². The van der Waals surface area contributed by atoms with Gasteiger partial charge in [-0.1, -0.05) is 12.1 Å². The van der Waals surface area contributed by atoms with Crippen LogP contribution in [0.1, 0.15) is 18.9 Å². The van der Waals surface area contributed by atoms with Crippen molar-refractivity contribution in [3.8, 4) is 0 Å². The standard InChI is InChI=1S/C22H37N5OS/c1-4-26(20-7-5-6-19(2)16-20)10-9-24-21(23-3)25-17-22(8-15-29-18-22)27-11-13-28-14-12-27/h5-7,16H,4,8-15,17-18H2,1-3H3,(H2,23,24,25). The topological polar surface area (TPSA) is 52.1 Å². The highest BCUT2D eigenvalue weighted by Crippen LogP contribution is 2.33. The average molecular weight is 420 g/mol. The summed E-state index contributed by atoms with van der Waals surface area (Å²) in [7, 11) is 1.86. The molecule has 162 valence electrons. The van der Waals surface area contributed by atoms with Crippen LogP contribution in [0.25, 0.3) is 0 Å². The van der Waals surface area contributed by atoms with Gasteiger partial charge in [-0.25, -0.2) is 0 Å². The smallest absolute Gasteiger partial charge is 0.191 e. The zero-order chi connectivity index (χ0) is 20.5. The molecule has 0 aromatic heterocycles. The number of hydrogen-bond acceptors (Lipinski definition) is 5. The third-order valence-corrected chi connectivity index (χ3v) is 7.23. The van der Waals surface area contributed by atoms with Crippen molar-refractivity contribution in [3.05, 3.63) is 29.8 Å². The van der Waals surface area contributed by atoms with Gasteiger partial charge in [0.1, 0.15) is 0 Å². The molecule has 0 aliphatic carbocycles. The fourth-order valence-electron chi connectivity index (χ4n) is 4.21. The number of guanidine groups is 1. The molecule has 1 atom stereocenters. The minimum Gasteiger partial charge on any atom is -0.379 e. The van der Waals surface area contributed by atoms with Crippen LogP contribution in [0.3, 0.4) is 0 Å². The van der Waals surface area contributed by atoms with Crippen molar-refractivity contribution in [2.24, 2.45) is 4.99 Å². The number of aliphatic imine (C=N–C) groups is 1. The fourth-order valence-corrected chi connectivity index (χ4v) is 5.68. The summed E-state index contributed by atoms with van der Waals surface area (Å²) in [4.78, 5) is 9.49. The molecule has 0 bridgehead atoms. The summed E-state index contributed by atoms with van der Waals surface area (Å²) in [5, 5.41) is 7.12. The van der Waals surface area contributed by atoms with E-state index < -0.39 is 0 Å². The SMILES string of the molecule is CCN(CCNC(=NC)NCC1(N2CCOCC2)CCSC1)c1cccc(C)c1. The largest absolute Gasteiger partial charge is 0.379 e. The lowest BCUT2D eigenvalue weighted by molar-refractivity contribution is -0.0120. The molecule has 0 saturated carbocycles. The first kappa shape index (κ1) is 22.2. The van der Waals surface area contributed by atoms with E-state index in [1.165, 1.54) is 29.2 Å². The first-order valence-electron chi connectivity index (χ1n) is 10.8. The van der Waals surface area contributed by atoms with Crippen molar-refractivity contribution in [1.82, 2.24) is 15.5 Å².